The van der Waals surface area contributed by atoms with Crippen LogP contribution in [0.4, 0.5) is 0 Å². The van der Waals surface area contributed by atoms with Crippen LogP contribution in [0.15, 0.2) is 0 Å². The number of fused-ring (bicyclic) bond motifs is 4. The van der Waals surface area contributed by atoms with Crippen LogP contribution in [0, 0.1) is 105 Å². The van der Waals surface area contributed by atoms with E-state index in [9.17, 15) is 0 Å². The summed E-state index contributed by atoms with van der Waals surface area (Å²) in [6, 6.07) is 0. The molecular weight excluding hydrogens is 336 g/mol. The molecular formula is C28H40. The molecule has 0 saturated heterocycles. The molecule has 28 heavy (non-hydrogen) atoms. The highest BCUT2D eigenvalue weighted by atomic mass is 15.0. The smallest absolute Gasteiger partial charge is 0.0167 e. The molecule has 12 bridgehead atoms. The van der Waals surface area contributed by atoms with Gasteiger partial charge in [0.2, 0.25) is 0 Å². The Kier molecular flexibility index (Phi) is 2.10. The van der Waals surface area contributed by atoms with Crippen molar-refractivity contribution in [2.75, 3.05) is 0 Å². The molecule has 10 saturated carbocycles. The van der Waals surface area contributed by atoms with Crippen LogP contribution >= 0.6 is 0 Å². The van der Waals surface area contributed by atoms with E-state index in [0.717, 1.165) is 87.8 Å². The summed E-state index contributed by atoms with van der Waals surface area (Å²) in [6.07, 6.45) is 6.58. The summed E-state index contributed by atoms with van der Waals surface area (Å²) in [4.78, 5) is 0. The summed E-state index contributed by atoms with van der Waals surface area (Å²) >= 11 is 0. The van der Waals surface area contributed by atoms with Gasteiger partial charge in [-0.15, -0.1) is 0 Å². The third-order valence-corrected chi connectivity index (χ3v) is 16.2. The Morgan fingerprint density at radius 2 is 1.39 bits per heavy atom. The third kappa shape index (κ3) is 0.992. The Labute approximate surface area is 172 Å². The molecule has 0 heteroatoms. The minimum atomic E-state index is 0.680. The first-order valence-corrected chi connectivity index (χ1v) is 13.2. The molecule has 0 heterocycles. The normalized spacial score (nSPS) is 85.5. The second kappa shape index (κ2) is 3.72. The maximum absolute atomic E-state index is 2.92. The molecule has 10 rings (SSSR count). The SMILES string of the molecule is CC1C(C)C2C3C4CC1C1C5C6C7C8CC56C7(C)C(C)CC2C(C)(C83)C1(C)C4. The van der Waals surface area contributed by atoms with Gasteiger partial charge >= 0.3 is 0 Å². The van der Waals surface area contributed by atoms with Crippen molar-refractivity contribution >= 4 is 0 Å². The summed E-state index contributed by atoms with van der Waals surface area (Å²) in [5.41, 5.74) is 2.92. The van der Waals surface area contributed by atoms with Crippen molar-refractivity contribution in [1.29, 1.82) is 0 Å². The molecule has 0 aromatic heterocycles. The van der Waals surface area contributed by atoms with E-state index in [4.69, 9.17) is 0 Å². The molecule has 10 fully saturated rings. The average molecular weight is 377 g/mol. The molecule has 152 valence electrons. The zero-order valence-electron chi connectivity index (χ0n) is 18.9. The van der Waals surface area contributed by atoms with Crippen molar-refractivity contribution in [2.45, 2.75) is 67.2 Å². The van der Waals surface area contributed by atoms with Gasteiger partial charge < -0.3 is 0 Å². The molecule has 10 aliphatic rings. The lowest BCUT2D eigenvalue weighted by Gasteiger charge is -2.69. The highest BCUT2D eigenvalue weighted by Crippen LogP contribution is 3.02. The highest BCUT2D eigenvalue weighted by molar-refractivity contribution is 5.44. The Morgan fingerprint density at radius 1 is 0.643 bits per heavy atom. The lowest BCUT2D eigenvalue weighted by Crippen LogP contribution is -2.63. The molecule has 0 aromatic rings. The Balaban J connectivity index is 1.46. The van der Waals surface area contributed by atoms with Crippen molar-refractivity contribution in [1.82, 2.24) is 0 Å². The zero-order chi connectivity index (χ0) is 18.9. The second-order valence-corrected chi connectivity index (χ2v) is 15.0. The van der Waals surface area contributed by atoms with Gasteiger partial charge in [-0.05, 0) is 130 Å². The molecule has 18 atom stereocenters. The summed E-state index contributed by atoms with van der Waals surface area (Å²) in [5.74, 6) is 15.3. The molecule has 0 nitrogen and oxygen atoms in total. The second-order valence-electron chi connectivity index (χ2n) is 15.0. The Hall–Kier alpha value is 0. The summed E-state index contributed by atoms with van der Waals surface area (Å²) < 4.78 is 0. The van der Waals surface area contributed by atoms with Crippen LogP contribution in [-0.4, -0.2) is 0 Å². The molecule has 0 amide bonds. The molecule has 0 aromatic carbocycles. The fraction of sp³-hybridized carbons (Fsp3) is 1.00. The van der Waals surface area contributed by atoms with E-state index in [1.54, 1.807) is 25.7 Å². The van der Waals surface area contributed by atoms with Gasteiger partial charge in [-0.3, -0.25) is 0 Å². The quantitative estimate of drug-likeness (QED) is 0.461. The predicted molar refractivity (Wildman–Crippen MR) is 111 cm³/mol. The first kappa shape index (κ1) is 15.8. The van der Waals surface area contributed by atoms with Crippen LogP contribution in [0.2, 0.25) is 0 Å². The van der Waals surface area contributed by atoms with E-state index in [1.807, 2.05) is 0 Å². The van der Waals surface area contributed by atoms with E-state index in [1.165, 1.54) is 5.92 Å². The molecule has 10 aliphatic carbocycles. The van der Waals surface area contributed by atoms with Crippen LogP contribution in [0.5, 0.6) is 0 Å². The fourth-order valence-corrected chi connectivity index (χ4v) is 15.7. The summed E-state index contributed by atoms with van der Waals surface area (Å²) in [7, 11) is 0. The van der Waals surface area contributed by atoms with Crippen molar-refractivity contribution in [3.63, 3.8) is 0 Å². The standard InChI is InChI=1S/C28H40/c1-11-7-17-18-13(3)12(2)15-8-14-9-25(4)21(15)23-24-22-16(10-28(23,24)26(11,22)5)20(19(14)18)27(17,25)6/h11-24H,7-10H2,1-6H3. The van der Waals surface area contributed by atoms with Crippen molar-refractivity contribution < 1.29 is 0 Å². The van der Waals surface area contributed by atoms with Crippen LogP contribution in [-0.2, 0) is 0 Å². The molecule has 18 unspecified atom stereocenters. The van der Waals surface area contributed by atoms with Gasteiger partial charge in [-0.25, -0.2) is 0 Å². The maximum atomic E-state index is 2.92. The Morgan fingerprint density at radius 3 is 2.18 bits per heavy atom. The van der Waals surface area contributed by atoms with Crippen molar-refractivity contribution in [3.8, 4) is 0 Å². The van der Waals surface area contributed by atoms with Crippen LogP contribution in [0.25, 0.3) is 0 Å². The number of rotatable bonds is 0. The summed E-state index contributed by atoms with van der Waals surface area (Å²) in [6.45, 7) is 16.9. The minimum absolute atomic E-state index is 0.680. The molecule has 0 N–H and O–H groups in total. The van der Waals surface area contributed by atoms with Crippen LogP contribution in [0.3, 0.4) is 0 Å². The van der Waals surface area contributed by atoms with Crippen LogP contribution in [0.1, 0.15) is 67.2 Å². The highest BCUT2D eigenvalue weighted by Gasteiger charge is 2.98. The van der Waals surface area contributed by atoms with Crippen molar-refractivity contribution in [2.24, 2.45) is 105 Å². The maximum Gasteiger partial charge on any atom is -0.0167 e. The van der Waals surface area contributed by atoms with E-state index in [0.29, 0.717) is 10.8 Å². The monoisotopic (exact) mass is 376 g/mol. The van der Waals surface area contributed by atoms with Gasteiger partial charge in [-0.2, -0.15) is 0 Å². The number of hydrogen-bond donors (Lipinski definition) is 0. The van der Waals surface area contributed by atoms with E-state index in [2.05, 4.69) is 41.5 Å². The largest absolute Gasteiger partial charge is 0.0620 e. The van der Waals surface area contributed by atoms with E-state index >= 15 is 0 Å². The van der Waals surface area contributed by atoms with Gasteiger partial charge in [0.05, 0.1) is 0 Å². The molecule has 1 spiro atoms. The van der Waals surface area contributed by atoms with Crippen molar-refractivity contribution in [3.05, 3.63) is 0 Å². The third-order valence-electron chi connectivity index (χ3n) is 16.2. The zero-order valence-corrected chi connectivity index (χ0v) is 18.9. The van der Waals surface area contributed by atoms with Gasteiger partial charge in [0.1, 0.15) is 0 Å². The molecule has 0 aliphatic heterocycles. The van der Waals surface area contributed by atoms with Crippen LogP contribution < -0.4 is 0 Å². The van der Waals surface area contributed by atoms with Gasteiger partial charge in [0.15, 0.2) is 0 Å². The fourth-order valence-electron chi connectivity index (χ4n) is 15.7. The van der Waals surface area contributed by atoms with E-state index < -0.39 is 0 Å². The molecule has 0 radical (unpaired) electrons. The first-order valence-electron chi connectivity index (χ1n) is 13.2. The summed E-state index contributed by atoms with van der Waals surface area (Å²) in [5, 5.41) is 0. The van der Waals surface area contributed by atoms with Gasteiger partial charge in [0.25, 0.3) is 0 Å². The number of hydrogen-bond acceptors (Lipinski definition) is 0. The topological polar surface area (TPSA) is 0 Å². The van der Waals surface area contributed by atoms with Gasteiger partial charge in [0, 0.05) is 0 Å². The van der Waals surface area contributed by atoms with E-state index in [-0.39, 0.29) is 0 Å². The lowest BCUT2D eigenvalue weighted by atomic mass is 9.36. The Bertz CT molecular complexity index is 858. The first-order chi connectivity index (χ1) is 13.2. The average Bonchev–Trinajstić information content (AvgIpc) is 2.90. The lowest BCUT2D eigenvalue weighted by molar-refractivity contribution is -0.212. The predicted octanol–water partition coefficient (Wildman–Crippen LogP) is 6.36. The van der Waals surface area contributed by atoms with Gasteiger partial charge in [-0.1, -0.05) is 41.5 Å². The minimum Gasteiger partial charge on any atom is -0.0620 e.